The molecule has 1 aliphatic heterocycles. The first-order valence-electron chi connectivity index (χ1n) is 8.85. The Hall–Kier alpha value is -2.71. The van der Waals surface area contributed by atoms with Crippen LogP contribution in [0.4, 0.5) is 0 Å². The predicted octanol–water partition coefficient (Wildman–Crippen LogP) is -0.717. The number of nitrogens with zero attached hydrogens (tertiary/aromatic N) is 2. The highest BCUT2D eigenvalue weighted by Crippen LogP contribution is 2.23. The Kier molecular flexibility index (Phi) is 5.34. The van der Waals surface area contributed by atoms with E-state index >= 15 is 0 Å². The molecule has 9 heteroatoms. The molecule has 0 aromatic carbocycles. The van der Waals surface area contributed by atoms with Gasteiger partial charge in [-0.2, -0.15) is 0 Å². The first-order valence-corrected chi connectivity index (χ1v) is 8.85. The van der Waals surface area contributed by atoms with Crippen LogP contribution < -0.4 is 11.1 Å². The minimum absolute atomic E-state index is 0.0647. The van der Waals surface area contributed by atoms with Crippen molar-refractivity contribution in [2.75, 3.05) is 6.54 Å². The van der Waals surface area contributed by atoms with Crippen LogP contribution in [0.25, 0.3) is 0 Å². The summed E-state index contributed by atoms with van der Waals surface area (Å²) in [5.41, 5.74) is 6.10. The SMILES string of the molecule is NC(=O)[C@@H]1CCCN1C(=O)[C@H](Cc1cnc[nH]1)NC(=O)[C@@H]1CCC(=O)C1. The zero-order chi connectivity index (χ0) is 18.7. The number of amides is 3. The largest absolute Gasteiger partial charge is 0.368 e. The van der Waals surface area contributed by atoms with E-state index in [-0.39, 0.29) is 30.4 Å². The molecule has 1 aromatic heterocycles. The highest BCUT2D eigenvalue weighted by atomic mass is 16.2. The average molecular weight is 361 g/mol. The van der Waals surface area contributed by atoms with Crippen LogP contribution >= 0.6 is 0 Å². The fourth-order valence-corrected chi connectivity index (χ4v) is 3.67. The van der Waals surface area contributed by atoms with Crippen molar-refractivity contribution in [3.63, 3.8) is 0 Å². The number of imidazole rings is 1. The number of ketones is 1. The third-order valence-electron chi connectivity index (χ3n) is 5.07. The van der Waals surface area contributed by atoms with E-state index in [1.54, 1.807) is 6.20 Å². The van der Waals surface area contributed by atoms with Gasteiger partial charge in [0.25, 0.3) is 0 Å². The standard InChI is InChI=1S/C17H23N5O4/c18-15(24)14-2-1-5-22(14)17(26)13(7-11-8-19-9-20-11)21-16(25)10-3-4-12(23)6-10/h8-10,13-14H,1-7H2,(H2,18,24)(H,19,20)(H,21,25)/t10-,13+,14+/m1/s1. The summed E-state index contributed by atoms with van der Waals surface area (Å²) in [5, 5.41) is 2.77. The topological polar surface area (TPSA) is 138 Å². The number of hydrogen-bond acceptors (Lipinski definition) is 5. The summed E-state index contributed by atoms with van der Waals surface area (Å²) < 4.78 is 0. The van der Waals surface area contributed by atoms with E-state index in [2.05, 4.69) is 15.3 Å². The zero-order valence-electron chi connectivity index (χ0n) is 14.4. The van der Waals surface area contributed by atoms with Gasteiger partial charge in [0.2, 0.25) is 17.7 Å². The number of nitrogens with two attached hydrogens (primary N) is 1. The summed E-state index contributed by atoms with van der Waals surface area (Å²) in [6.07, 6.45) is 5.65. The van der Waals surface area contributed by atoms with Crippen molar-refractivity contribution in [3.8, 4) is 0 Å². The Bertz CT molecular complexity index is 702. The molecule has 0 bridgehead atoms. The molecule has 3 amide bonds. The first-order chi connectivity index (χ1) is 12.5. The molecule has 9 nitrogen and oxygen atoms in total. The summed E-state index contributed by atoms with van der Waals surface area (Å²) in [4.78, 5) is 56.9. The number of aromatic nitrogens is 2. The number of aromatic amines is 1. The van der Waals surface area contributed by atoms with Gasteiger partial charge in [0.05, 0.1) is 6.33 Å². The van der Waals surface area contributed by atoms with Crippen molar-refractivity contribution in [2.45, 2.75) is 50.6 Å². The highest BCUT2D eigenvalue weighted by molar-refractivity contribution is 5.94. The van der Waals surface area contributed by atoms with E-state index < -0.39 is 23.9 Å². The Morgan fingerprint density at radius 1 is 1.38 bits per heavy atom. The molecule has 3 rings (SSSR count). The molecule has 4 N–H and O–H groups in total. The van der Waals surface area contributed by atoms with Crippen molar-refractivity contribution in [3.05, 3.63) is 18.2 Å². The summed E-state index contributed by atoms with van der Waals surface area (Å²) in [7, 11) is 0. The van der Waals surface area contributed by atoms with Crippen LogP contribution in [0.2, 0.25) is 0 Å². The van der Waals surface area contributed by atoms with Crippen LogP contribution in [-0.4, -0.2) is 57.0 Å². The normalized spacial score (nSPS) is 23.8. The maximum absolute atomic E-state index is 13.0. The van der Waals surface area contributed by atoms with E-state index in [9.17, 15) is 19.2 Å². The molecule has 3 atom stereocenters. The Balaban J connectivity index is 1.74. The molecule has 1 saturated carbocycles. The second kappa shape index (κ2) is 7.67. The van der Waals surface area contributed by atoms with Gasteiger partial charge in [0, 0.05) is 43.6 Å². The molecule has 0 spiro atoms. The molecule has 2 heterocycles. The van der Waals surface area contributed by atoms with Gasteiger partial charge in [-0.05, 0) is 19.3 Å². The summed E-state index contributed by atoms with van der Waals surface area (Å²) in [6, 6.07) is -1.48. The Morgan fingerprint density at radius 3 is 2.81 bits per heavy atom. The van der Waals surface area contributed by atoms with Crippen LogP contribution in [-0.2, 0) is 25.6 Å². The highest BCUT2D eigenvalue weighted by Gasteiger charge is 2.38. The molecular weight excluding hydrogens is 338 g/mol. The fourth-order valence-electron chi connectivity index (χ4n) is 3.67. The number of carbonyl (C=O) groups excluding carboxylic acids is 4. The van der Waals surface area contributed by atoms with Gasteiger partial charge in [-0.3, -0.25) is 19.2 Å². The van der Waals surface area contributed by atoms with E-state index in [1.807, 2.05) is 0 Å². The van der Waals surface area contributed by atoms with Gasteiger partial charge in [0.15, 0.2) is 0 Å². The summed E-state index contributed by atoms with van der Waals surface area (Å²) >= 11 is 0. The van der Waals surface area contributed by atoms with Gasteiger partial charge in [0.1, 0.15) is 17.9 Å². The maximum Gasteiger partial charge on any atom is 0.246 e. The van der Waals surface area contributed by atoms with Crippen LogP contribution in [0.5, 0.6) is 0 Å². The lowest BCUT2D eigenvalue weighted by molar-refractivity contribution is -0.141. The number of hydrogen-bond donors (Lipinski definition) is 3. The van der Waals surface area contributed by atoms with Crippen molar-refractivity contribution in [2.24, 2.45) is 11.7 Å². The van der Waals surface area contributed by atoms with Gasteiger partial charge < -0.3 is 20.9 Å². The second-order valence-electron chi connectivity index (χ2n) is 6.91. The quantitative estimate of drug-likeness (QED) is 0.614. The number of H-pyrrole nitrogens is 1. The zero-order valence-corrected chi connectivity index (χ0v) is 14.4. The predicted molar refractivity (Wildman–Crippen MR) is 90.5 cm³/mol. The molecule has 0 unspecified atom stereocenters. The molecule has 140 valence electrons. The minimum atomic E-state index is -0.835. The lowest BCUT2D eigenvalue weighted by Gasteiger charge is -2.28. The maximum atomic E-state index is 13.0. The van der Waals surface area contributed by atoms with Gasteiger partial charge in [-0.25, -0.2) is 4.98 Å². The van der Waals surface area contributed by atoms with Crippen LogP contribution in [0, 0.1) is 5.92 Å². The smallest absolute Gasteiger partial charge is 0.246 e. The van der Waals surface area contributed by atoms with E-state index in [0.717, 1.165) is 0 Å². The number of Topliss-reactive ketones (excluding diaryl/α,β-unsaturated/α-hetero) is 1. The van der Waals surface area contributed by atoms with Crippen LogP contribution in [0.3, 0.4) is 0 Å². The Labute approximate surface area is 150 Å². The van der Waals surface area contributed by atoms with Crippen molar-refractivity contribution < 1.29 is 19.2 Å². The molecule has 2 aliphatic rings. The lowest BCUT2D eigenvalue weighted by atomic mass is 10.0. The molecule has 1 aromatic rings. The van der Waals surface area contributed by atoms with Gasteiger partial charge >= 0.3 is 0 Å². The van der Waals surface area contributed by atoms with Crippen molar-refractivity contribution in [1.82, 2.24) is 20.2 Å². The minimum Gasteiger partial charge on any atom is -0.368 e. The number of carbonyl (C=O) groups is 4. The fraction of sp³-hybridized carbons (Fsp3) is 0.588. The molecule has 2 fully saturated rings. The van der Waals surface area contributed by atoms with E-state index in [0.29, 0.717) is 37.9 Å². The number of likely N-dealkylation sites (tertiary alicyclic amines) is 1. The lowest BCUT2D eigenvalue weighted by Crippen LogP contribution is -2.54. The Morgan fingerprint density at radius 2 is 2.19 bits per heavy atom. The van der Waals surface area contributed by atoms with E-state index in [1.165, 1.54) is 11.2 Å². The molecule has 26 heavy (non-hydrogen) atoms. The molecule has 1 aliphatic carbocycles. The molecular formula is C17H23N5O4. The summed E-state index contributed by atoms with van der Waals surface area (Å²) in [6.45, 7) is 0.434. The van der Waals surface area contributed by atoms with Crippen molar-refractivity contribution >= 4 is 23.5 Å². The third-order valence-corrected chi connectivity index (χ3v) is 5.07. The van der Waals surface area contributed by atoms with Gasteiger partial charge in [-0.15, -0.1) is 0 Å². The number of primary amides is 1. The average Bonchev–Trinajstić information content (AvgIpc) is 3.34. The third kappa shape index (κ3) is 3.92. The van der Waals surface area contributed by atoms with Gasteiger partial charge in [-0.1, -0.05) is 0 Å². The summed E-state index contributed by atoms with van der Waals surface area (Å²) in [5.74, 6) is -1.51. The molecule has 0 radical (unpaired) electrons. The monoisotopic (exact) mass is 361 g/mol. The number of rotatable bonds is 6. The van der Waals surface area contributed by atoms with Crippen molar-refractivity contribution in [1.29, 1.82) is 0 Å². The molecule has 1 saturated heterocycles. The van der Waals surface area contributed by atoms with E-state index in [4.69, 9.17) is 5.73 Å². The van der Waals surface area contributed by atoms with Crippen LogP contribution in [0.15, 0.2) is 12.5 Å². The van der Waals surface area contributed by atoms with Crippen LogP contribution in [0.1, 0.15) is 37.8 Å². The second-order valence-corrected chi connectivity index (χ2v) is 6.91. The first kappa shape index (κ1) is 18.1. The number of nitrogens with one attached hydrogen (secondary N) is 2.